The van der Waals surface area contributed by atoms with Crippen LogP contribution in [0.15, 0.2) is 41.2 Å². The van der Waals surface area contributed by atoms with Crippen molar-refractivity contribution in [1.29, 1.82) is 0 Å². The molecule has 0 unspecified atom stereocenters. The molecule has 168 valence electrons. The number of para-hydroxylation sites is 1. The number of hydrogen-bond donors (Lipinski definition) is 0. The van der Waals surface area contributed by atoms with E-state index in [9.17, 15) is 32.9 Å². The minimum absolute atomic E-state index is 0.0178. The molecule has 4 rings (SSSR count). The molecule has 1 aliphatic heterocycles. The Kier molecular flexibility index (Phi) is 5.41. The minimum Gasteiger partial charge on any atom is -0.362 e. The molecule has 12 heteroatoms. The summed E-state index contributed by atoms with van der Waals surface area (Å²) in [5.74, 6) is -0.520. The highest BCUT2D eigenvalue weighted by Crippen LogP contribution is 2.36. The smallest absolute Gasteiger partial charge is 0.362 e. The summed E-state index contributed by atoms with van der Waals surface area (Å²) >= 11 is 0.387. The number of benzene rings is 1. The Morgan fingerprint density at radius 1 is 1.09 bits per heavy atom. The number of nitro groups is 1. The van der Waals surface area contributed by atoms with Crippen molar-refractivity contribution in [3.05, 3.63) is 66.6 Å². The van der Waals surface area contributed by atoms with E-state index in [1.165, 1.54) is 16.5 Å². The molecule has 32 heavy (non-hydrogen) atoms. The van der Waals surface area contributed by atoms with Gasteiger partial charge in [0.1, 0.15) is 10.6 Å². The summed E-state index contributed by atoms with van der Waals surface area (Å²) in [4.78, 5) is 38.6. The third-order valence-corrected chi connectivity index (χ3v) is 6.53. The molecular formula is C20H17F3N4O4S. The first-order chi connectivity index (χ1) is 15.1. The van der Waals surface area contributed by atoms with E-state index in [4.69, 9.17) is 0 Å². The third-order valence-electron chi connectivity index (χ3n) is 5.41. The molecule has 3 heterocycles. The molecule has 0 radical (unpaired) electrons. The van der Waals surface area contributed by atoms with Crippen LogP contribution in [0.1, 0.15) is 14.5 Å². The maximum Gasteiger partial charge on any atom is 0.425 e. The number of nitrogens with zero attached hydrogens (tertiary/aromatic N) is 4. The van der Waals surface area contributed by atoms with Gasteiger partial charge in [-0.3, -0.25) is 19.7 Å². The van der Waals surface area contributed by atoms with Crippen LogP contribution in [0.4, 0.5) is 24.5 Å². The SMILES string of the molecule is Cn1c(=O)c([N+](=O)[O-])c(N2CCN(C(=O)c3ccc(C(F)(F)F)s3)CC2)c2ccccc21. The molecule has 1 fully saturated rings. The van der Waals surface area contributed by atoms with Crippen molar-refractivity contribution in [1.82, 2.24) is 9.47 Å². The zero-order valence-corrected chi connectivity index (χ0v) is 17.6. The van der Waals surface area contributed by atoms with Crippen LogP contribution in [-0.4, -0.2) is 46.5 Å². The molecule has 0 spiro atoms. The summed E-state index contributed by atoms with van der Waals surface area (Å²) in [5.41, 5.74) is -0.550. The van der Waals surface area contributed by atoms with Gasteiger partial charge in [-0.15, -0.1) is 11.3 Å². The van der Waals surface area contributed by atoms with E-state index < -0.39 is 33.1 Å². The van der Waals surface area contributed by atoms with E-state index in [1.54, 1.807) is 29.2 Å². The van der Waals surface area contributed by atoms with Gasteiger partial charge in [0.25, 0.3) is 5.91 Å². The lowest BCUT2D eigenvalue weighted by Gasteiger charge is -2.36. The van der Waals surface area contributed by atoms with Crippen LogP contribution in [0.5, 0.6) is 0 Å². The topological polar surface area (TPSA) is 88.7 Å². The number of hydrogen-bond acceptors (Lipinski definition) is 6. The average Bonchev–Trinajstić information content (AvgIpc) is 3.26. The highest BCUT2D eigenvalue weighted by molar-refractivity contribution is 7.14. The average molecular weight is 466 g/mol. The van der Waals surface area contributed by atoms with Crippen molar-refractivity contribution >= 4 is 39.5 Å². The van der Waals surface area contributed by atoms with E-state index >= 15 is 0 Å². The summed E-state index contributed by atoms with van der Waals surface area (Å²) in [5, 5.41) is 12.3. The number of rotatable bonds is 3. The number of halogens is 3. The van der Waals surface area contributed by atoms with Crippen molar-refractivity contribution in [3.8, 4) is 0 Å². The number of alkyl halides is 3. The number of thiophene rings is 1. The minimum atomic E-state index is -4.51. The molecule has 1 aliphatic rings. The van der Waals surface area contributed by atoms with Gasteiger partial charge in [-0.05, 0) is 18.2 Å². The van der Waals surface area contributed by atoms with Gasteiger partial charge in [0.05, 0.1) is 15.3 Å². The second-order valence-electron chi connectivity index (χ2n) is 7.28. The summed E-state index contributed by atoms with van der Waals surface area (Å²) < 4.78 is 39.7. The van der Waals surface area contributed by atoms with Crippen LogP contribution in [0.2, 0.25) is 0 Å². The number of pyridine rings is 1. The fraction of sp³-hybridized carbons (Fsp3) is 0.300. The first-order valence-corrected chi connectivity index (χ1v) is 10.4. The van der Waals surface area contributed by atoms with Crippen LogP contribution in [0, 0.1) is 10.1 Å². The van der Waals surface area contributed by atoms with Gasteiger partial charge in [0.2, 0.25) is 0 Å². The maximum absolute atomic E-state index is 12.8. The van der Waals surface area contributed by atoms with Gasteiger partial charge >= 0.3 is 17.4 Å². The zero-order chi connectivity index (χ0) is 23.2. The number of aryl methyl sites for hydroxylation is 1. The first-order valence-electron chi connectivity index (χ1n) is 9.57. The van der Waals surface area contributed by atoms with E-state index in [0.29, 0.717) is 22.2 Å². The summed E-state index contributed by atoms with van der Waals surface area (Å²) in [7, 11) is 1.47. The predicted molar refractivity (Wildman–Crippen MR) is 113 cm³/mol. The van der Waals surface area contributed by atoms with Crippen LogP contribution < -0.4 is 10.5 Å². The molecule has 1 aromatic carbocycles. The summed E-state index contributed by atoms with van der Waals surface area (Å²) in [6.45, 7) is 0.694. The Balaban J connectivity index is 1.62. The van der Waals surface area contributed by atoms with Crippen LogP contribution in [0.3, 0.4) is 0 Å². The van der Waals surface area contributed by atoms with Crippen molar-refractivity contribution < 1.29 is 22.9 Å². The zero-order valence-electron chi connectivity index (χ0n) is 16.8. The fourth-order valence-electron chi connectivity index (χ4n) is 3.84. The third kappa shape index (κ3) is 3.70. The fourth-order valence-corrected chi connectivity index (χ4v) is 4.68. The number of carbonyl (C=O) groups excluding carboxylic acids is 1. The molecule has 3 aromatic rings. The molecule has 1 amide bonds. The van der Waals surface area contributed by atoms with E-state index in [2.05, 4.69) is 0 Å². The van der Waals surface area contributed by atoms with Crippen molar-refractivity contribution in [2.75, 3.05) is 31.1 Å². The van der Waals surface area contributed by atoms with Gasteiger partial charge in [-0.25, -0.2) is 0 Å². The Hall–Kier alpha value is -3.41. The maximum atomic E-state index is 12.8. The van der Waals surface area contributed by atoms with Gasteiger partial charge in [0.15, 0.2) is 0 Å². The molecule has 2 aromatic heterocycles. The van der Waals surface area contributed by atoms with Crippen molar-refractivity contribution in [3.63, 3.8) is 0 Å². The summed E-state index contributed by atoms with van der Waals surface area (Å²) in [6, 6.07) is 8.86. The lowest BCUT2D eigenvalue weighted by atomic mass is 10.1. The van der Waals surface area contributed by atoms with Crippen molar-refractivity contribution in [2.24, 2.45) is 7.05 Å². The van der Waals surface area contributed by atoms with Gasteiger partial charge in [-0.1, -0.05) is 18.2 Å². The molecule has 1 saturated heterocycles. The van der Waals surface area contributed by atoms with Crippen molar-refractivity contribution in [2.45, 2.75) is 6.18 Å². The second kappa shape index (κ2) is 7.93. The van der Waals surface area contributed by atoms with E-state index in [-0.39, 0.29) is 36.7 Å². The monoisotopic (exact) mass is 466 g/mol. The largest absolute Gasteiger partial charge is 0.425 e. The number of aromatic nitrogens is 1. The lowest BCUT2D eigenvalue weighted by molar-refractivity contribution is -0.385. The van der Waals surface area contributed by atoms with Gasteiger partial charge in [-0.2, -0.15) is 13.2 Å². The normalized spacial score (nSPS) is 14.8. The number of fused-ring (bicyclic) bond motifs is 1. The molecule has 8 nitrogen and oxygen atoms in total. The highest BCUT2D eigenvalue weighted by atomic mass is 32.1. The lowest BCUT2D eigenvalue weighted by Crippen LogP contribution is -2.49. The molecular weight excluding hydrogens is 449 g/mol. The second-order valence-corrected chi connectivity index (χ2v) is 8.36. The Morgan fingerprint density at radius 3 is 2.34 bits per heavy atom. The summed E-state index contributed by atoms with van der Waals surface area (Å²) in [6.07, 6.45) is -4.51. The predicted octanol–water partition coefficient (Wildman–Crippen LogP) is 3.49. The Labute approximate surface area is 183 Å². The molecule has 0 aliphatic carbocycles. The molecule has 0 N–H and O–H groups in total. The Morgan fingerprint density at radius 2 is 1.75 bits per heavy atom. The van der Waals surface area contributed by atoms with E-state index in [1.807, 2.05) is 0 Å². The molecule has 0 atom stereocenters. The van der Waals surface area contributed by atoms with Crippen LogP contribution >= 0.6 is 11.3 Å². The number of amides is 1. The highest BCUT2D eigenvalue weighted by Gasteiger charge is 2.35. The molecule has 0 bridgehead atoms. The first kappa shape index (κ1) is 21.8. The van der Waals surface area contributed by atoms with Gasteiger partial charge in [0, 0.05) is 38.6 Å². The molecule has 0 saturated carbocycles. The Bertz CT molecular complexity index is 1280. The van der Waals surface area contributed by atoms with Crippen LogP contribution in [0.25, 0.3) is 10.9 Å². The standard InChI is InChI=1S/C20H17F3N4O4S/c1-24-13-5-3-2-4-12(13)16(17(19(24)29)27(30)31)25-8-10-26(11-9-25)18(28)14-6-7-15(32-14)20(21,22)23/h2-7H,8-11H2,1H3. The van der Waals surface area contributed by atoms with Crippen LogP contribution in [-0.2, 0) is 13.2 Å². The van der Waals surface area contributed by atoms with E-state index in [0.717, 1.165) is 12.1 Å². The quantitative estimate of drug-likeness (QED) is 0.436. The van der Waals surface area contributed by atoms with Gasteiger partial charge < -0.3 is 14.4 Å². The number of carbonyl (C=O) groups is 1. The number of anilines is 1. The number of piperazine rings is 1.